The first-order valence-electron chi connectivity index (χ1n) is 5.48. The second kappa shape index (κ2) is 4.16. The van der Waals surface area contributed by atoms with Crippen molar-refractivity contribution in [2.75, 3.05) is 5.73 Å². The fourth-order valence-corrected chi connectivity index (χ4v) is 1.50. The van der Waals surface area contributed by atoms with Crippen LogP contribution < -0.4 is 5.73 Å². The van der Waals surface area contributed by atoms with Gasteiger partial charge in [0.15, 0.2) is 5.82 Å². The van der Waals surface area contributed by atoms with Gasteiger partial charge >= 0.3 is 0 Å². The lowest BCUT2D eigenvalue weighted by molar-refractivity contribution is 0.374. The number of hydrogen-bond acceptors (Lipinski definition) is 5. The molecule has 0 radical (unpaired) electrons. The van der Waals surface area contributed by atoms with Crippen LogP contribution in [0, 0.1) is 5.41 Å². The van der Waals surface area contributed by atoms with E-state index in [1.54, 1.807) is 18.3 Å². The van der Waals surface area contributed by atoms with Crippen LogP contribution in [0.3, 0.4) is 0 Å². The van der Waals surface area contributed by atoms with E-state index in [1.807, 2.05) is 0 Å². The number of aromatic nitrogens is 3. The SMILES string of the molecule is CC(C)(C)Cc1noc(-c2ccnc(N)c2)n1. The van der Waals surface area contributed by atoms with Gasteiger partial charge in [-0.05, 0) is 17.5 Å². The Bertz CT molecular complexity index is 513. The molecule has 0 bridgehead atoms. The number of rotatable bonds is 2. The Morgan fingerprint density at radius 1 is 1.35 bits per heavy atom. The summed E-state index contributed by atoms with van der Waals surface area (Å²) in [5.41, 5.74) is 6.54. The number of nitrogens with zero attached hydrogens (tertiary/aromatic N) is 3. The quantitative estimate of drug-likeness (QED) is 0.859. The van der Waals surface area contributed by atoms with Gasteiger partial charge < -0.3 is 10.3 Å². The first-order valence-corrected chi connectivity index (χ1v) is 5.48. The van der Waals surface area contributed by atoms with Gasteiger partial charge in [0.05, 0.1) is 0 Å². The molecule has 5 nitrogen and oxygen atoms in total. The minimum absolute atomic E-state index is 0.137. The van der Waals surface area contributed by atoms with Crippen molar-refractivity contribution in [2.45, 2.75) is 27.2 Å². The molecule has 2 aromatic heterocycles. The zero-order valence-electron chi connectivity index (χ0n) is 10.3. The summed E-state index contributed by atoms with van der Waals surface area (Å²) < 4.78 is 5.21. The van der Waals surface area contributed by atoms with Gasteiger partial charge in [-0.25, -0.2) is 4.98 Å². The average Bonchev–Trinajstić information content (AvgIpc) is 2.63. The van der Waals surface area contributed by atoms with Crippen LogP contribution in [-0.4, -0.2) is 15.1 Å². The maximum absolute atomic E-state index is 5.60. The van der Waals surface area contributed by atoms with Gasteiger partial charge in [-0.3, -0.25) is 0 Å². The van der Waals surface area contributed by atoms with Crippen molar-refractivity contribution >= 4 is 5.82 Å². The highest BCUT2D eigenvalue weighted by atomic mass is 16.5. The highest BCUT2D eigenvalue weighted by molar-refractivity contribution is 5.56. The average molecular weight is 232 g/mol. The van der Waals surface area contributed by atoms with E-state index in [2.05, 4.69) is 35.9 Å². The van der Waals surface area contributed by atoms with E-state index in [0.717, 1.165) is 12.0 Å². The second-order valence-corrected chi connectivity index (χ2v) is 5.22. The zero-order valence-corrected chi connectivity index (χ0v) is 10.3. The largest absolute Gasteiger partial charge is 0.384 e. The van der Waals surface area contributed by atoms with Crippen LogP contribution in [0.2, 0.25) is 0 Å². The summed E-state index contributed by atoms with van der Waals surface area (Å²) in [5, 5.41) is 3.96. The molecule has 5 heteroatoms. The van der Waals surface area contributed by atoms with E-state index in [-0.39, 0.29) is 5.41 Å². The number of pyridine rings is 1. The molecule has 17 heavy (non-hydrogen) atoms. The zero-order chi connectivity index (χ0) is 12.5. The third kappa shape index (κ3) is 3.03. The van der Waals surface area contributed by atoms with Gasteiger partial charge in [0.25, 0.3) is 5.89 Å². The van der Waals surface area contributed by atoms with Gasteiger partial charge in [0.1, 0.15) is 5.82 Å². The molecule has 0 aliphatic heterocycles. The number of anilines is 1. The number of hydrogen-bond donors (Lipinski definition) is 1. The molecule has 0 spiro atoms. The predicted octanol–water partition coefficient (Wildman–Crippen LogP) is 2.30. The molecule has 2 heterocycles. The maximum atomic E-state index is 5.60. The Balaban J connectivity index is 2.24. The molecule has 2 aromatic rings. The Hall–Kier alpha value is -1.91. The highest BCUT2D eigenvalue weighted by Gasteiger charge is 2.16. The Morgan fingerprint density at radius 2 is 2.12 bits per heavy atom. The van der Waals surface area contributed by atoms with Crippen molar-refractivity contribution in [1.29, 1.82) is 0 Å². The molecule has 2 rings (SSSR count). The van der Waals surface area contributed by atoms with Crippen molar-refractivity contribution in [3.8, 4) is 11.5 Å². The Labute approximate surface area is 100 Å². The van der Waals surface area contributed by atoms with Crippen LogP contribution >= 0.6 is 0 Å². The van der Waals surface area contributed by atoms with Crippen molar-refractivity contribution < 1.29 is 4.52 Å². The summed E-state index contributed by atoms with van der Waals surface area (Å²) >= 11 is 0. The van der Waals surface area contributed by atoms with Crippen LogP contribution in [0.25, 0.3) is 11.5 Å². The lowest BCUT2D eigenvalue weighted by atomic mass is 9.92. The molecule has 90 valence electrons. The predicted molar refractivity (Wildman–Crippen MR) is 65.1 cm³/mol. The summed E-state index contributed by atoms with van der Waals surface area (Å²) in [7, 11) is 0. The molecular formula is C12H16N4O. The molecule has 0 atom stereocenters. The van der Waals surface area contributed by atoms with Gasteiger partial charge in [-0.15, -0.1) is 0 Å². The van der Waals surface area contributed by atoms with E-state index in [4.69, 9.17) is 10.3 Å². The van der Waals surface area contributed by atoms with E-state index < -0.39 is 0 Å². The van der Waals surface area contributed by atoms with Gasteiger partial charge in [0.2, 0.25) is 0 Å². The normalized spacial score (nSPS) is 11.7. The Morgan fingerprint density at radius 3 is 2.76 bits per heavy atom. The first-order chi connectivity index (χ1) is 7.94. The van der Waals surface area contributed by atoms with Gasteiger partial charge in [-0.2, -0.15) is 4.98 Å². The van der Waals surface area contributed by atoms with E-state index in [1.165, 1.54) is 0 Å². The summed E-state index contributed by atoms with van der Waals surface area (Å²) in [6.07, 6.45) is 2.40. The lowest BCUT2D eigenvalue weighted by Crippen LogP contribution is -2.10. The summed E-state index contributed by atoms with van der Waals surface area (Å²) in [6.45, 7) is 6.40. The van der Waals surface area contributed by atoms with Crippen molar-refractivity contribution in [1.82, 2.24) is 15.1 Å². The van der Waals surface area contributed by atoms with Crippen LogP contribution in [0.4, 0.5) is 5.82 Å². The highest BCUT2D eigenvalue weighted by Crippen LogP contribution is 2.22. The molecule has 0 saturated carbocycles. The van der Waals surface area contributed by atoms with Crippen LogP contribution in [0.5, 0.6) is 0 Å². The smallest absolute Gasteiger partial charge is 0.258 e. The molecule has 0 aliphatic carbocycles. The minimum atomic E-state index is 0.137. The fourth-order valence-electron chi connectivity index (χ4n) is 1.50. The van der Waals surface area contributed by atoms with E-state index >= 15 is 0 Å². The van der Waals surface area contributed by atoms with Crippen molar-refractivity contribution in [2.24, 2.45) is 5.41 Å². The van der Waals surface area contributed by atoms with Crippen LogP contribution in [0.1, 0.15) is 26.6 Å². The van der Waals surface area contributed by atoms with E-state index in [0.29, 0.717) is 17.5 Å². The fraction of sp³-hybridized carbons (Fsp3) is 0.417. The summed E-state index contributed by atoms with van der Waals surface area (Å²) in [4.78, 5) is 8.27. The molecule has 0 saturated heterocycles. The van der Waals surface area contributed by atoms with E-state index in [9.17, 15) is 0 Å². The molecular weight excluding hydrogens is 216 g/mol. The topological polar surface area (TPSA) is 77.8 Å². The van der Waals surface area contributed by atoms with Gasteiger partial charge in [-0.1, -0.05) is 25.9 Å². The third-order valence-corrected chi connectivity index (χ3v) is 2.18. The molecule has 0 amide bonds. The monoisotopic (exact) mass is 232 g/mol. The second-order valence-electron chi connectivity index (χ2n) is 5.22. The van der Waals surface area contributed by atoms with Gasteiger partial charge in [0, 0.05) is 18.2 Å². The molecule has 0 unspecified atom stereocenters. The summed E-state index contributed by atoms with van der Waals surface area (Å²) in [5.74, 6) is 1.64. The first kappa shape index (κ1) is 11.6. The molecule has 2 N–H and O–H groups in total. The minimum Gasteiger partial charge on any atom is -0.384 e. The number of nitrogens with two attached hydrogens (primary N) is 1. The van der Waals surface area contributed by atoms with Crippen LogP contribution in [-0.2, 0) is 6.42 Å². The maximum Gasteiger partial charge on any atom is 0.258 e. The summed E-state index contributed by atoms with van der Waals surface area (Å²) in [6, 6.07) is 3.51. The number of nitrogen functional groups attached to an aromatic ring is 1. The third-order valence-electron chi connectivity index (χ3n) is 2.18. The van der Waals surface area contributed by atoms with Crippen molar-refractivity contribution in [3.05, 3.63) is 24.2 Å². The Kier molecular flexibility index (Phi) is 2.83. The molecule has 0 fully saturated rings. The molecule has 0 aromatic carbocycles. The van der Waals surface area contributed by atoms with Crippen molar-refractivity contribution in [3.63, 3.8) is 0 Å². The standard InChI is InChI=1S/C12H16N4O/c1-12(2,3)7-10-15-11(17-16-10)8-4-5-14-9(13)6-8/h4-6H,7H2,1-3H3,(H2,13,14). The van der Waals surface area contributed by atoms with Crippen LogP contribution in [0.15, 0.2) is 22.9 Å². The lowest BCUT2D eigenvalue weighted by Gasteiger charge is -2.14. The molecule has 0 aliphatic rings.